The Hall–Kier alpha value is -0.120. The maximum Gasteiger partial charge on any atom is 0.229 e. The van der Waals surface area contributed by atoms with Crippen LogP contribution in [0.2, 0.25) is 0 Å². The molecule has 0 spiro atoms. The number of hydrogen-bond donors (Lipinski definition) is 0. The monoisotopic (exact) mass is 145 g/mol. The Bertz CT molecular complexity index is 108. The molecule has 60 valence electrons. The van der Waals surface area contributed by atoms with Crippen LogP contribution in [-0.2, 0) is 9.47 Å². The molecule has 1 heterocycles. The maximum atomic E-state index is 5.45. The summed E-state index contributed by atoms with van der Waals surface area (Å²) in [5, 5.41) is 0. The van der Waals surface area contributed by atoms with Crippen molar-refractivity contribution in [1.29, 1.82) is 0 Å². The second-order valence-electron chi connectivity index (χ2n) is 2.66. The number of nitrogens with zero attached hydrogens (tertiary/aromatic N) is 1. The molecule has 0 aromatic heterocycles. The van der Waals surface area contributed by atoms with Crippen LogP contribution in [0.5, 0.6) is 0 Å². The van der Waals surface area contributed by atoms with Crippen LogP contribution in [-0.4, -0.2) is 38.1 Å². The molecule has 1 fully saturated rings. The number of hydrogen-bond acceptors (Lipinski definition) is 3. The summed E-state index contributed by atoms with van der Waals surface area (Å²) in [5.41, 5.74) is 0. The highest BCUT2D eigenvalue weighted by molar-refractivity contribution is 4.68. The van der Waals surface area contributed by atoms with Gasteiger partial charge in [-0.15, -0.1) is 0 Å². The van der Waals surface area contributed by atoms with Crippen molar-refractivity contribution in [2.75, 3.05) is 27.3 Å². The maximum absolute atomic E-state index is 5.45. The molecule has 1 aliphatic heterocycles. The third kappa shape index (κ3) is 1.17. The highest BCUT2D eigenvalue weighted by Crippen LogP contribution is 2.24. The molecule has 0 aromatic rings. The highest BCUT2D eigenvalue weighted by atomic mass is 16.8. The summed E-state index contributed by atoms with van der Waals surface area (Å²) in [6.45, 7) is 3.49. The molecule has 0 atom stereocenters. The van der Waals surface area contributed by atoms with Gasteiger partial charge in [-0.25, -0.2) is 0 Å². The molecule has 1 aliphatic rings. The fraction of sp³-hybridized carbons (Fsp3) is 1.00. The molecule has 0 unspecified atom stereocenters. The lowest BCUT2D eigenvalue weighted by Crippen LogP contribution is -2.44. The van der Waals surface area contributed by atoms with Gasteiger partial charge >= 0.3 is 0 Å². The first-order valence-electron chi connectivity index (χ1n) is 3.66. The first-order valence-corrected chi connectivity index (χ1v) is 3.66. The Morgan fingerprint density at radius 2 is 1.80 bits per heavy atom. The normalized spacial score (nSPS) is 24.0. The van der Waals surface area contributed by atoms with Crippen molar-refractivity contribution in [3.63, 3.8) is 0 Å². The van der Waals surface area contributed by atoms with Crippen molar-refractivity contribution < 1.29 is 9.47 Å². The van der Waals surface area contributed by atoms with Gasteiger partial charge in [-0.3, -0.25) is 4.90 Å². The van der Waals surface area contributed by atoms with Crippen LogP contribution in [0.3, 0.4) is 0 Å². The predicted octanol–water partition coefficient (Wildman–Crippen LogP) is 0.659. The van der Waals surface area contributed by atoms with E-state index in [1.807, 2.05) is 19.0 Å². The molecule has 1 rings (SSSR count). The Kier molecular flexibility index (Phi) is 2.28. The molecule has 0 radical (unpaired) electrons. The van der Waals surface area contributed by atoms with Gasteiger partial charge in [-0.1, -0.05) is 6.92 Å². The third-order valence-electron chi connectivity index (χ3n) is 1.87. The van der Waals surface area contributed by atoms with E-state index in [9.17, 15) is 0 Å². The van der Waals surface area contributed by atoms with Gasteiger partial charge in [0.15, 0.2) is 0 Å². The fourth-order valence-electron chi connectivity index (χ4n) is 1.22. The Labute approximate surface area is 61.9 Å². The van der Waals surface area contributed by atoms with Crippen LogP contribution in [0.15, 0.2) is 0 Å². The highest BCUT2D eigenvalue weighted by Gasteiger charge is 2.36. The molecule has 1 saturated heterocycles. The topological polar surface area (TPSA) is 21.7 Å². The van der Waals surface area contributed by atoms with E-state index >= 15 is 0 Å². The van der Waals surface area contributed by atoms with Crippen LogP contribution < -0.4 is 0 Å². The van der Waals surface area contributed by atoms with Crippen molar-refractivity contribution in [3.05, 3.63) is 0 Å². The van der Waals surface area contributed by atoms with E-state index in [0.717, 1.165) is 6.42 Å². The van der Waals surface area contributed by atoms with E-state index in [0.29, 0.717) is 13.2 Å². The molecule has 0 aliphatic carbocycles. The Morgan fingerprint density at radius 1 is 1.30 bits per heavy atom. The van der Waals surface area contributed by atoms with Gasteiger partial charge in [0.1, 0.15) is 0 Å². The van der Waals surface area contributed by atoms with E-state index < -0.39 is 5.91 Å². The van der Waals surface area contributed by atoms with Crippen molar-refractivity contribution in [2.24, 2.45) is 0 Å². The lowest BCUT2D eigenvalue weighted by molar-refractivity contribution is -0.244. The minimum absolute atomic E-state index is 0.431. The standard InChI is InChI=1S/C7H15NO2/c1-4-7(8(2)3)9-5-6-10-7/h4-6H2,1-3H3. The third-order valence-corrected chi connectivity index (χ3v) is 1.87. The van der Waals surface area contributed by atoms with Gasteiger partial charge in [0.05, 0.1) is 13.2 Å². The van der Waals surface area contributed by atoms with Gasteiger partial charge < -0.3 is 9.47 Å². The largest absolute Gasteiger partial charge is 0.335 e. The molecule has 0 N–H and O–H groups in total. The number of rotatable bonds is 2. The van der Waals surface area contributed by atoms with Gasteiger partial charge in [0.2, 0.25) is 5.91 Å². The molecule has 0 amide bonds. The summed E-state index contributed by atoms with van der Waals surface area (Å²) in [4.78, 5) is 1.97. The van der Waals surface area contributed by atoms with E-state index in [4.69, 9.17) is 9.47 Å². The fourth-order valence-corrected chi connectivity index (χ4v) is 1.22. The summed E-state index contributed by atoms with van der Waals surface area (Å²) in [6.07, 6.45) is 0.875. The van der Waals surface area contributed by atoms with Crippen LogP contribution in [0.1, 0.15) is 13.3 Å². The zero-order valence-electron chi connectivity index (χ0n) is 6.89. The van der Waals surface area contributed by atoms with Gasteiger partial charge in [0, 0.05) is 6.42 Å². The molecular formula is C7H15NO2. The van der Waals surface area contributed by atoms with E-state index in [2.05, 4.69) is 6.92 Å². The van der Waals surface area contributed by atoms with Crippen LogP contribution in [0.4, 0.5) is 0 Å². The van der Waals surface area contributed by atoms with Crippen LogP contribution in [0.25, 0.3) is 0 Å². The molecule has 10 heavy (non-hydrogen) atoms. The average molecular weight is 145 g/mol. The smallest absolute Gasteiger partial charge is 0.229 e. The summed E-state index contributed by atoms with van der Waals surface area (Å²) in [7, 11) is 3.93. The van der Waals surface area contributed by atoms with Crippen molar-refractivity contribution >= 4 is 0 Å². The molecule has 3 heteroatoms. The van der Waals surface area contributed by atoms with Crippen molar-refractivity contribution in [1.82, 2.24) is 4.90 Å². The van der Waals surface area contributed by atoms with Crippen LogP contribution in [0, 0.1) is 0 Å². The van der Waals surface area contributed by atoms with Gasteiger partial charge in [-0.2, -0.15) is 0 Å². The number of ether oxygens (including phenoxy) is 2. The van der Waals surface area contributed by atoms with Crippen LogP contribution >= 0.6 is 0 Å². The van der Waals surface area contributed by atoms with Gasteiger partial charge in [0.25, 0.3) is 0 Å². The Balaban J connectivity index is 2.58. The predicted molar refractivity (Wildman–Crippen MR) is 38.6 cm³/mol. The molecular weight excluding hydrogens is 130 g/mol. The summed E-state index contributed by atoms with van der Waals surface area (Å²) >= 11 is 0. The minimum atomic E-state index is -0.431. The summed E-state index contributed by atoms with van der Waals surface area (Å²) < 4.78 is 10.9. The van der Waals surface area contributed by atoms with Crippen molar-refractivity contribution in [3.8, 4) is 0 Å². The zero-order chi connectivity index (χ0) is 7.61. The minimum Gasteiger partial charge on any atom is -0.335 e. The van der Waals surface area contributed by atoms with E-state index in [-0.39, 0.29) is 0 Å². The molecule has 0 saturated carbocycles. The second kappa shape index (κ2) is 2.86. The molecule has 0 bridgehead atoms. The Morgan fingerprint density at radius 3 is 2.00 bits per heavy atom. The first-order chi connectivity index (χ1) is 4.71. The van der Waals surface area contributed by atoms with E-state index in [1.165, 1.54) is 0 Å². The first kappa shape index (κ1) is 7.98. The quantitative estimate of drug-likeness (QED) is 0.569. The van der Waals surface area contributed by atoms with Gasteiger partial charge in [-0.05, 0) is 14.1 Å². The average Bonchev–Trinajstić information content (AvgIpc) is 2.35. The summed E-state index contributed by atoms with van der Waals surface area (Å²) in [6, 6.07) is 0. The summed E-state index contributed by atoms with van der Waals surface area (Å²) in [5.74, 6) is -0.431. The second-order valence-corrected chi connectivity index (χ2v) is 2.66. The lowest BCUT2D eigenvalue weighted by Gasteiger charge is -2.32. The molecule has 0 aromatic carbocycles. The van der Waals surface area contributed by atoms with Crippen molar-refractivity contribution in [2.45, 2.75) is 19.3 Å². The van der Waals surface area contributed by atoms with E-state index in [1.54, 1.807) is 0 Å². The lowest BCUT2D eigenvalue weighted by atomic mass is 10.3. The zero-order valence-corrected chi connectivity index (χ0v) is 6.89. The molecule has 3 nitrogen and oxygen atoms in total. The SMILES string of the molecule is CCC1(N(C)C)OCCO1.